The second-order valence-corrected chi connectivity index (χ2v) is 16.8. The summed E-state index contributed by atoms with van der Waals surface area (Å²) in [4.78, 5) is 46.2. The molecule has 1 aromatic heterocycles. The van der Waals surface area contributed by atoms with Gasteiger partial charge in [-0.25, -0.2) is 0 Å². The van der Waals surface area contributed by atoms with Crippen molar-refractivity contribution in [2.24, 2.45) is 11.8 Å². The van der Waals surface area contributed by atoms with Crippen molar-refractivity contribution in [3.05, 3.63) is 76.0 Å². The summed E-state index contributed by atoms with van der Waals surface area (Å²) in [6, 6.07) is 10.7. The maximum Gasteiger partial charge on any atom is 0.422 e. The van der Waals surface area contributed by atoms with Crippen LogP contribution in [-0.2, 0) is 37.3 Å². The molecule has 6 atom stereocenters. The van der Waals surface area contributed by atoms with E-state index in [2.05, 4.69) is 11.1 Å². The van der Waals surface area contributed by atoms with Crippen molar-refractivity contribution in [1.29, 1.82) is 5.26 Å². The van der Waals surface area contributed by atoms with Crippen LogP contribution in [0.2, 0.25) is 0 Å². The number of carboxylic acid groups (broad SMARTS) is 1. The molecule has 0 bridgehead atoms. The minimum Gasteiger partial charge on any atom is -0.481 e. The van der Waals surface area contributed by atoms with Gasteiger partial charge in [0.05, 0.1) is 58.2 Å². The molecular formula is C41H46F6N4O6S. The van der Waals surface area contributed by atoms with Crippen LogP contribution in [0.5, 0.6) is 0 Å². The molecule has 3 fully saturated rings. The number of nitriles is 1. The molecule has 6 rings (SSSR count). The lowest BCUT2D eigenvalue weighted by atomic mass is 9.72. The third-order valence-electron chi connectivity index (χ3n) is 11.9. The summed E-state index contributed by atoms with van der Waals surface area (Å²) in [5.74, 6) is -4.04. The quantitative estimate of drug-likeness (QED) is 0.224. The maximum atomic E-state index is 14.9. The molecule has 1 saturated carbocycles. The fourth-order valence-electron chi connectivity index (χ4n) is 8.89. The van der Waals surface area contributed by atoms with Gasteiger partial charge in [0.2, 0.25) is 5.91 Å². The number of hydrogen-bond donors (Lipinski definition) is 1. The summed E-state index contributed by atoms with van der Waals surface area (Å²) in [7, 11) is 0. The van der Waals surface area contributed by atoms with Crippen LogP contribution in [0.3, 0.4) is 0 Å². The van der Waals surface area contributed by atoms with E-state index in [0.717, 1.165) is 35.5 Å². The normalized spacial score (nSPS) is 27.6. The Morgan fingerprint density at radius 3 is 2.36 bits per heavy atom. The Bertz CT molecular complexity index is 1930. The molecule has 10 nitrogen and oxygen atoms in total. The molecular weight excluding hydrogens is 791 g/mol. The molecule has 0 spiro atoms. The summed E-state index contributed by atoms with van der Waals surface area (Å²) < 4.78 is 96.0. The zero-order valence-corrected chi connectivity index (χ0v) is 33.0. The smallest absolute Gasteiger partial charge is 0.422 e. The standard InChI is InChI=1S/C41H46F6N4O6S/c1-3-7-30-33(35(52)50-18-14-39(23-48,15-19-50)28-9-5-4-8-26(28)22-56-27-12-11-25(20-27)37(54)55)31(57-38(2)21-32(58-24-38)41(45,46)47)13-17-51(30)36(53)34-29(40(42,43)44)10-6-16-49-34/h4-6,8-10,16,21,25,27,30-31,33H,3,7,11-15,17-20,22,24H2,1-2H3,(H,54,55). The van der Waals surface area contributed by atoms with E-state index in [0.29, 0.717) is 37.4 Å². The van der Waals surface area contributed by atoms with E-state index in [1.165, 1.54) is 11.8 Å². The molecule has 4 aliphatic rings. The van der Waals surface area contributed by atoms with E-state index >= 15 is 0 Å². The van der Waals surface area contributed by atoms with Gasteiger partial charge in [0.15, 0.2) is 0 Å². The number of carbonyl (C=O) groups is 3. The second kappa shape index (κ2) is 17.2. The first-order valence-corrected chi connectivity index (χ1v) is 20.4. The maximum absolute atomic E-state index is 14.9. The van der Waals surface area contributed by atoms with Crippen molar-refractivity contribution in [3.8, 4) is 6.07 Å². The number of nitrogens with zero attached hydrogens (tertiary/aromatic N) is 4. The Morgan fingerprint density at radius 1 is 1.02 bits per heavy atom. The molecule has 2 saturated heterocycles. The molecule has 4 heterocycles. The number of allylic oxidation sites excluding steroid dienone is 1. The van der Waals surface area contributed by atoms with Gasteiger partial charge in [-0.1, -0.05) is 37.6 Å². The number of hydrogen-bond acceptors (Lipinski definition) is 8. The highest BCUT2D eigenvalue weighted by Crippen LogP contribution is 2.46. The number of rotatable bonds is 11. The number of halogens is 6. The van der Waals surface area contributed by atoms with Crippen LogP contribution in [-0.4, -0.2) is 93.1 Å². The lowest BCUT2D eigenvalue weighted by Crippen LogP contribution is -2.61. The van der Waals surface area contributed by atoms with Gasteiger partial charge < -0.3 is 24.4 Å². The van der Waals surface area contributed by atoms with E-state index in [9.17, 15) is 51.1 Å². The first-order valence-electron chi connectivity index (χ1n) is 19.5. The minimum absolute atomic E-state index is 0.0381. The van der Waals surface area contributed by atoms with Crippen molar-refractivity contribution in [2.45, 2.75) is 113 Å². The van der Waals surface area contributed by atoms with E-state index in [1.54, 1.807) is 11.8 Å². The third-order valence-corrected chi connectivity index (χ3v) is 13.2. The number of aliphatic carboxylic acids is 1. The highest BCUT2D eigenvalue weighted by Gasteiger charge is 2.52. The highest BCUT2D eigenvalue weighted by molar-refractivity contribution is 8.03. The molecule has 3 aliphatic heterocycles. The van der Waals surface area contributed by atoms with Gasteiger partial charge in [-0.2, -0.15) is 31.6 Å². The van der Waals surface area contributed by atoms with Crippen molar-refractivity contribution < 1.29 is 55.3 Å². The van der Waals surface area contributed by atoms with Crippen LogP contribution in [0.1, 0.15) is 92.4 Å². The Balaban J connectivity index is 1.27. The minimum atomic E-state index is -4.89. The van der Waals surface area contributed by atoms with Crippen LogP contribution in [0, 0.1) is 23.2 Å². The summed E-state index contributed by atoms with van der Waals surface area (Å²) in [6.07, 6.45) is -6.13. The number of piperidine rings is 2. The third kappa shape index (κ3) is 9.18. The lowest BCUT2D eigenvalue weighted by molar-refractivity contribution is -0.158. The Morgan fingerprint density at radius 2 is 1.74 bits per heavy atom. The fraction of sp³-hybridized carbons (Fsp3) is 0.585. The number of carboxylic acids is 1. The van der Waals surface area contributed by atoms with Crippen LogP contribution in [0.25, 0.3) is 0 Å². The molecule has 2 amide bonds. The van der Waals surface area contributed by atoms with E-state index in [4.69, 9.17) is 9.47 Å². The number of amides is 2. The molecule has 6 unspecified atom stereocenters. The predicted octanol–water partition coefficient (Wildman–Crippen LogP) is 7.92. The van der Waals surface area contributed by atoms with Crippen LogP contribution in [0.15, 0.2) is 53.6 Å². The van der Waals surface area contributed by atoms with Crippen molar-refractivity contribution >= 4 is 29.5 Å². The molecule has 2 aromatic rings. The van der Waals surface area contributed by atoms with Gasteiger partial charge in [-0.15, -0.1) is 11.8 Å². The lowest BCUT2D eigenvalue weighted by Gasteiger charge is -2.48. The highest BCUT2D eigenvalue weighted by atomic mass is 32.2. The molecule has 1 N–H and O–H groups in total. The molecule has 1 aliphatic carbocycles. The number of alkyl halides is 6. The number of aromatic nitrogens is 1. The second-order valence-electron chi connectivity index (χ2n) is 15.8. The van der Waals surface area contributed by atoms with Gasteiger partial charge in [0.1, 0.15) is 5.69 Å². The van der Waals surface area contributed by atoms with Gasteiger partial charge in [0, 0.05) is 37.6 Å². The topological polar surface area (TPSA) is 133 Å². The first kappa shape index (κ1) is 43.4. The van der Waals surface area contributed by atoms with Gasteiger partial charge >= 0.3 is 18.3 Å². The SMILES string of the molecule is CCCC1C(C(=O)N2CCC(C#N)(c3ccccc3COC3CCC(C(=O)O)C3)CC2)C(OC2(C)C=C(C(F)(F)F)SC2)CCN1C(=O)c1ncccc1C(F)(F)F. The fourth-order valence-corrected chi connectivity index (χ4v) is 9.98. The van der Waals surface area contributed by atoms with Crippen molar-refractivity contribution in [1.82, 2.24) is 14.8 Å². The zero-order valence-electron chi connectivity index (χ0n) is 32.2. The number of likely N-dealkylation sites (tertiary alicyclic amines) is 2. The van der Waals surface area contributed by atoms with Crippen LogP contribution in [0.4, 0.5) is 26.3 Å². The van der Waals surface area contributed by atoms with Crippen molar-refractivity contribution in [2.75, 3.05) is 25.4 Å². The average Bonchev–Trinajstić information content (AvgIpc) is 3.84. The van der Waals surface area contributed by atoms with Crippen LogP contribution < -0.4 is 0 Å². The number of pyridine rings is 1. The number of thioether (sulfide) groups is 1. The number of ether oxygens (including phenoxy) is 2. The van der Waals surface area contributed by atoms with Gasteiger partial charge in [-0.3, -0.25) is 19.4 Å². The average molecular weight is 837 g/mol. The van der Waals surface area contributed by atoms with Crippen molar-refractivity contribution in [3.63, 3.8) is 0 Å². The number of benzene rings is 1. The van der Waals surface area contributed by atoms with Gasteiger partial charge in [-0.05, 0) is 81.2 Å². The molecule has 0 radical (unpaired) electrons. The molecule has 1 aromatic carbocycles. The Kier molecular flexibility index (Phi) is 12.9. The van der Waals surface area contributed by atoms with E-state index in [-0.39, 0.29) is 63.8 Å². The first-order chi connectivity index (χ1) is 27.4. The Labute approximate surface area is 336 Å². The van der Waals surface area contributed by atoms with Gasteiger partial charge in [0.25, 0.3) is 5.91 Å². The summed E-state index contributed by atoms with van der Waals surface area (Å²) in [6.45, 7) is 3.53. The summed E-state index contributed by atoms with van der Waals surface area (Å²) in [5.41, 5.74) is -2.99. The largest absolute Gasteiger partial charge is 0.481 e. The zero-order chi connectivity index (χ0) is 42.0. The molecule has 17 heteroatoms. The van der Waals surface area contributed by atoms with Crippen LogP contribution >= 0.6 is 11.8 Å². The molecule has 58 heavy (non-hydrogen) atoms. The Hall–Kier alpha value is -4.14. The monoisotopic (exact) mass is 836 g/mol. The number of carbonyl (C=O) groups excluding carboxylic acids is 2. The summed E-state index contributed by atoms with van der Waals surface area (Å²) >= 11 is 0.586. The van der Waals surface area contributed by atoms with E-state index < -0.39 is 81.3 Å². The summed E-state index contributed by atoms with van der Waals surface area (Å²) in [5, 5.41) is 20.1. The predicted molar refractivity (Wildman–Crippen MR) is 200 cm³/mol. The van der Waals surface area contributed by atoms with E-state index in [1.807, 2.05) is 24.3 Å². The molecule has 314 valence electrons.